The van der Waals surface area contributed by atoms with Gasteiger partial charge in [0.1, 0.15) is 0 Å². The molecule has 1 aliphatic heterocycles. The first-order chi connectivity index (χ1) is 10.1. The van der Waals surface area contributed by atoms with Crippen molar-refractivity contribution in [3.8, 4) is 0 Å². The van der Waals surface area contributed by atoms with Crippen LogP contribution >= 0.6 is 0 Å². The van der Waals surface area contributed by atoms with Gasteiger partial charge in [0.25, 0.3) is 0 Å². The summed E-state index contributed by atoms with van der Waals surface area (Å²) in [7, 11) is 0. The average molecular weight is 284 g/mol. The molecule has 112 valence electrons. The van der Waals surface area contributed by atoms with Gasteiger partial charge in [-0.05, 0) is 36.8 Å². The van der Waals surface area contributed by atoms with Crippen molar-refractivity contribution in [2.24, 2.45) is 11.8 Å². The highest BCUT2D eigenvalue weighted by atomic mass is 16.2. The number of para-hydroxylation sites is 1. The average Bonchev–Trinajstić information content (AvgIpc) is 2.86. The maximum atomic E-state index is 12.7. The first-order valence-electron chi connectivity index (χ1n) is 7.90. The molecule has 1 aliphatic rings. The summed E-state index contributed by atoms with van der Waals surface area (Å²) in [6, 6.07) is 8.52. The number of nitrogens with one attached hydrogen (secondary N) is 1. The van der Waals surface area contributed by atoms with E-state index in [2.05, 4.69) is 42.8 Å². The molecule has 1 N–H and O–H groups in total. The minimum atomic E-state index is 0.255. The molecular weight excluding hydrogens is 260 g/mol. The molecule has 1 aromatic carbocycles. The number of amides is 1. The van der Waals surface area contributed by atoms with Crippen LogP contribution in [-0.2, 0) is 11.2 Å². The Labute approximate surface area is 126 Å². The number of aromatic amines is 1. The molecule has 3 nitrogen and oxygen atoms in total. The molecule has 1 aromatic heterocycles. The van der Waals surface area contributed by atoms with Crippen LogP contribution in [0, 0.1) is 11.8 Å². The Hall–Kier alpha value is -1.77. The van der Waals surface area contributed by atoms with Gasteiger partial charge in [0, 0.05) is 29.7 Å². The van der Waals surface area contributed by atoms with Gasteiger partial charge in [-0.1, -0.05) is 32.0 Å². The first-order valence-corrected chi connectivity index (χ1v) is 7.90. The summed E-state index contributed by atoms with van der Waals surface area (Å²) < 4.78 is 0. The Balaban J connectivity index is 1.79. The minimum absolute atomic E-state index is 0.255. The number of H-pyrrole nitrogens is 1. The lowest BCUT2D eigenvalue weighted by atomic mass is 9.85. The fourth-order valence-corrected chi connectivity index (χ4v) is 3.59. The van der Waals surface area contributed by atoms with E-state index in [0.717, 1.165) is 23.0 Å². The number of carbonyl (C=O) groups excluding carboxylic acids is 1. The van der Waals surface area contributed by atoms with E-state index in [1.165, 1.54) is 6.42 Å². The predicted molar refractivity (Wildman–Crippen MR) is 86.1 cm³/mol. The van der Waals surface area contributed by atoms with E-state index in [1.807, 2.05) is 18.3 Å². The van der Waals surface area contributed by atoms with Crippen molar-refractivity contribution < 1.29 is 4.79 Å². The summed E-state index contributed by atoms with van der Waals surface area (Å²) in [5, 5.41) is 1.16. The van der Waals surface area contributed by atoms with Crippen LogP contribution in [0.5, 0.6) is 0 Å². The van der Waals surface area contributed by atoms with Gasteiger partial charge in [0.2, 0.25) is 5.91 Å². The standard InChI is InChI=1S/C18H24N2O/c1-12-8-13(2)14(3)20(11-12)18(21)9-15-10-19-17-7-5-4-6-16(15)17/h4-7,10,12-14,19H,8-9,11H2,1-3H3. The molecule has 3 rings (SSSR count). The summed E-state index contributed by atoms with van der Waals surface area (Å²) >= 11 is 0. The zero-order valence-electron chi connectivity index (χ0n) is 13.1. The smallest absolute Gasteiger partial charge is 0.227 e. The Morgan fingerprint density at radius 2 is 2.05 bits per heavy atom. The molecule has 21 heavy (non-hydrogen) atoms. The maximum Gasteiger partial charge on any atom is 0.227 e. The second-order valence-electron chi connectivity index (χ2n) is 6.64. The van der Waals surface area contributed by atoms with Crippen LogP contribution in [0.25, 0.3) is 10.9 Å². The molecule has 0 radical (unpaired) electrons. The minimum Gasteiger partial charge on any atom is -0.361 e. The van der Waals surface area contributed by atoms with E-state index in [1.54, 1.807) is 0 Å². The summed E-state index contributed by atoms with van der Waals surface area (Å²) in [4.78, 5) is 18.1. The molecule has 0 spiro atoms. The van der Waals surface area contributed by atoms with Crippen LogP contribution in [0.15, 0.2) is 30.5 Å². The number of likely N-dealkylation sites (tertiary alicyclic amines) is 1. The van der Waals surface area contributed by atoms with Crippen LogP contribution in [0.3, 0.4) is 0 Å². The lowest BCUT2D eigenvalue weighted by Crippen LogP contribution is -2.49. The van der Waals surface area contributed by atoms with Crippen molar-refractivity contribution in [3.05, 3.63) is 36.0 Å². The topological polar surface area (TPSA) is 36.1 Å². The fraction of sp³-hybridized carbons (Fsp3) is 0.500. The zero-order valence-corrected chi connectivity index (χ0v) is 13.1. The van der Waals surface area contributed by atoms with E-state index in [-0.39, 0.29) is 5.91 Å². The molecule has 1 saturated heterocycles. The van der Waals surface area contributed by atoms with E-state index in [4.69, 9.17) is 0 Å². The molecule has 3 unspecified atom stereocenters. The number of hydrogen-bond acceptors (Lipinski definition) is 1. The molecule has 1 fully saturated rings. The summed E-state index contributed by atoms with van der Waals surface area (Å²) in [5.41, 5.74) is 2.21. The zero-order chi connectivity index (χ0) is 15.0. The van der Waals surface area contributed by atoms with Gasteiger partial charge in [-0.2, -0.15) is 0 Å². The number of rotatable bonds is 2. The van der Waals surface area contributed by atoms with Gasteiger partial charge in [-0.25, -0.2) is 0 Å². The number of benzene rings is 1. The van der Waals surface area contributed by atoms with Crippen LogP contribution in [0.4, 0.5) is 0 Å². The fourth-order valence-electron chi connectivity index (χ4n) is 3.59. The van der Waals surface area contributed by atoms with Gasteiger partial charge in [-0.3, -0.25) is 4.79 Å². The van der Waals surface area contributed by atoms with Crippen molar-refractivity contribution in [2.75, 3.05) is 6.54 Å². The van der Waals surface area contributed by atoms with Crippen LogP contribution < -0.4 is 0 Å². The Bertz CT molecular complexity index is 645. The van der Waals surface area contributed by atoms with Crippen LogP contribution in [-0.4, -0.2) is 28.4 Å². The molecule has 3 atom stereocenters. The third-order valence-electron chi connectivity index (χ3n) is 4.93. The van der Waals surface area contributed by atoms with E-state index >= 15 is 0 Å². The van der Waals surface area contributed by atoms with Gasteiger partial charge in [0.15, 0.2) is 0 Å². The number of carbonyl (C=O) groups is 1. The highest BCUT2D eigenvalue weighted by Crippen LogP contribution is 2.28. The number of hydrogen-bond donors (Lipinski definition) is 1. The van der Waals surface area contributed by atoms with Crippen LogP contribution in [0.1, 0.15) is 32.8 Å². The largest absolute Gasteiger partial charge is 0.361 e. The van der Waals surface area contributed by atoms with Gasteiger partial charge in [-0.15, -0.1) is 0 Å². The second-order valence-corrected chi connectivity index (χ2v) is 6.64. The monoisotopic (exact) mass is 284 g/mol. The number of fused-ring (bicyclic) bond motifs is 1. The molecule has 2 heterocycles. The molecule has 1 amide bonds. The first kappa shape index (κ1) is 14.2. The third-order valence-corrected chi connectivity index (χ3v) is 4.93. The molecule has 0 bridgehead atoms. The van der Waals surface area contributed by atoms with Crippen molar-refractivity contribution in [1.29, 1.82) is 0 Å². The van der Waals surface area contributed by atoms with Crippen molar-refractivity contribution in [2.45, 2.75) is 39.7 Å². The Morgan fingerprint density at radius 1 is 1.29 bits per heavy atom. The highest BCUT2D eigenvalue weighted by molar-refractivity contribution is 5.89. The SMILES string of the molecule is CC1CC(C)C(C)N(C(=O)Cc2c[nH]c3ccccc23)C1. The highest BCUT2D eigenvalue weighted by Gasteiger charge is 2.31. The van der Waals surface area contributed by atoms with Gasteiger partial charge < -0.3 is 9.88 Å². The van der Waals surface area contributed by atoms with E-state index in [9.17, 15) is 4.79 Å². The van der Waals surface area contributed by atoms with Crippen molar-refractivity contribution in [3.63, 3.8) is 0 Å². The molecule has 3 heteroatoms. The summed E-state index contributed by atoms with van der Waals surface area (Å²) in [5.74, 6) is 1.44. The second kappa shape index (κ2) is 5.55. The molecule has 0 aliphatic carbocycles. The Morgan fingerprint density at radius 3 is 2.86 bits per heavy atom. The van der Waals surface area contributed by atoms with Crippen molar-refractivity contribution >= 4 is 16.8 Å². The van der Waals surface area contributed by atoms with Gasteiger partial charge in [0.05, 0.1) is 6.42 Å². The molecular formula is C18H24N2O. The predicted octanol–water partition coefficient (Wildman–Crippen LogP) is 3.60. The van der Waals surface area contributed by atoms with E-state index < -0.39 is 0 Å². The summed E-state index contributed by atoms with van der Waals surface area (Å²) in [6.45, 7) is 7.58. The normalized spacial score (nSPS) is 26.2. The number of piperidine rings is 1. The summed E-state index contributed by atoms with van der Waals surface area (Å²) in [6.07, 6.45) is 3.69. The Kier molecular flexibility index (Phi) is 3.75. The quantitative estimate of drug-likeness (QED) is 0.898. The number of aromatic nitrogens is 1. The molecule has 2 aromatic rings. The van der Waals surface area contributed by atoms with Crippen LogP contribution in [0.2, 0.25) is 0 Å². The molecule has 0 saturated carbocycles. The maximum absolute atomic E-state index is 12.7. The van der Waals surface area contributed by atoms with Crippen molar-refractivity contribution in [1.82, 2.24) is 9.88 Å². The van der Waals surface area contributed by atoms with Gasteiger partial charge >= 0.3 is 0 Å². The van der Waals surface area contributed by atoms with E-state index in [0.29, 0.717) is 24.3 Å². The lowest BCUT2D eigenvalue weighted by Gasteiger charge is -2.41. The number of nitrogens with zero attached hydrogens (tertiary/aromatic N) is 1. The lowest BCUT2D eigenvalue weighted by molar-refractivity contribution is -0.136. The third kappa shape index (κ3) is 2.69.